The predicted octanol–water partition coefficient (Wildman–Crippen LogP) is 4.68. The molecule has 25 heavy (non-hydrogen) atoms. The number of ether oxygens (including phenoxy) is 1. The van der Waals surface area contributed by atoms with Crippen LogP contribution in [0.5, 0.6) is 5.75 Å². The van der Waals surface area contributed by atoms with E-state index in [1.807, 2.05) is 0 Å². The van der Waals surface area contributed by atoms with Crippen molar-refractivity contribution in [2.45, 2.75) is 38.5 Å². The van der Waals surface area contributed by atoms with E-state index < -0.39 is 0 Å². The molecule has 2 heteroatoms. The molecule has 0 bridgehead atoms. The number of likely N-dealkylation sites (tertiary alicyclic amines) is 1. The minimum Gasteiger partial charge on any atom is -0.493 e. The van der Waals surface area contributed by atoms with Crippen molar-refractivity contribution >= 4 is 0 Å². The standard InChI is InChI=1S/C23H29NO/c1-2-24-16-20-14-13-19-11-6-12-22(23(19)21(20)17-24)25-15-7-10-18-8-4-3-5-9-18/h3-6,8-9,11-12,20-21H,2,7,10,13-17H2,1H3. The highest BCUT2D eigenvalue weighted by atomic mass is 16.5. The van der Waals surface area contributed by atoms with Crippen molar-refractivity contribution in [3.05, 3.63) is 65.2 Å². The number of hydrogen-bond donors (Lipinski definition) is 0. The van der Waals surface area contributed by atoms with Gasteiger partial charge in [-0.1, -0.05) is 49.4 Å². The molecule has 2 aromatic carbocycles. The zero-order valence-corrected chi connectivity index (χ0v) is 15.3. The van der Waals surface area contributed by atoms with Crippen LogP contribution in [0.25, 0.3) is 0 Å². The van der Waals surface area contributed by atoms with Gasteiger partial charge in [0.2, 0.25) is 0 Å². The molecule has 2 aliphatic rings. The number of likely N-dealkylation sites (N-methyl/N-ethyl adjacent to an activating group) is 1. The van der Waals surface area contributed by atoms with Crippen molar-refractivity contribution in [2.24, 2.45) is 5.92 Å². The van der Waals surface area contributed by atoms with Crippen molar-refractivity contribution in [2.75, 3.05) is 26.2 Å². The molecule has 0 radical (unpaired) electrons. The lowest BCUT2D eigenvalue weighted by atomic mass is 9.76. The third-order valence-corrected chi connectivity index (χ3v) is 5.99. The van der Waals surface area contributed by atoms with Crippen LogP contribution in [-0.4, -0.2) is 31.1 Å². The molecule has 2 nitrogen and oxygen atoms in total. The molecule has 0 amide bonds. The van der Waals surface area contributed by atoms with Crippen LogP contribution in [0.3, 0.4) is 0 Å². The normalized spacial score (nSPS) is 22.4. The number of aryl methyl sites for hydroxylation is 2. The molecule has 1 fully saturated rings. The minimum absolute atomic E-state index is 0.675. The van der Waals surface area contributed by atoms with Gasteiger partial charge in [-0.3, -0.25) is 0 Å². The quantitative estimate of drug-likeness (QED) is 0.711. The lowest BCUT2D eigenvalue weighted by Crippen LogP contribution is -2.20. The largest absolute Gasteiger partial charge is 0.493 e. The van der Waals surface area contributed by atoms with E-state index in [9.17, 15) is 0 Å². The molecule has 0 N–H and O–H groups in total. The molecule has 2 atom stereocenters. The van der Waals surface area contributed by atoms with Crippen molar-refractivity contribution in [3.63, 3.8) is 0 Å². The minimum atomic E-state index is 0.675. The fourth-order valence-corrected chi connectivity index (χ4v) is 4.64. The first-order chi connectivity index (χ1) is 12.3. The Morgan fingerprint density at radius 2 is 1.92 bits per heavy atom. The second-order valence-corrected chi connectivity index (χ2v) is 7.52. The maximum atomic E-state index is 6.28. The Kier molecular flexibility index (Phi) is 5.07. The lowest BCUT2D eigenvalue weighted by molar-refractivity contribution is 0.300. The summed E-state index contributed by atoms with van der Waals surface area (Å²) in [5.74, 6) is 2.65. The van der Waals surface area contributed by atoms with Crippen LogP contribution in [-0.2, 0) is 12.8 Å². The number of benzene rings is 2. The maximum Gasteiger partial charge on any atom is 0.123 e. The van der Waals surface area contributed by atoms with Crippen LogP contribution in [0, 0.1) is 5.92 Å². The van der Waals surface area contributed by atoms with Crippen LogP contribution in [0.1, 0.15) is 42.4 Å². The molecule has 0 aromatic heterocycles. The number of nitrogens with zero attached hydrogens (tertiary/aromatic N) is 1. The molecular formula is C23H29NO. The smallest absolute Gasteiger partial charge is 0.123 e. The highest BCUT2D eigenvalue weighted by molar-refractivity contribution is 5.46. The fourth-order valence-electron chi connectivity index (χ4n) is 4.64. The van der Waals surface area contributed by atoms with E-state index in [2.05, 4.69) is 60.4 Å². The Labute approximate surface area is 151 Å². The Morgan fingerprint density at radius 3 is 2.76 bits per heavy atom. The summed E-state index contributed by atoms with van der Waals surface area (Å²) >= 11 is 0. The molecular weight excluding hydrogens is 306 g/mol. The van der Waals surface area contributed by atoms with Gasteiger partial charge in [-0.2, -0.15) is 0 Å². The topological polar surface area (TPSA) is 12.5 Å². The van der Waals surface area contributed by atoms with E-state index in [1.165, 1.54) is 49.2 Å². The summed E-state index contributed by atoms with van der Waals surface area (Å²) in [4.78, 5) is 2.61. The van der Waals surface area contributed by atoms with Gasteiger partial charge in [0.25, 0.3) is 0 Å². The Hall–Kier alpha value is -1.80. The zero-order chi connectivity index (χ0) is 17.1. The Morgan fingerprint density at radius 1 is 1.04 bits per heavy atom. The maximum absolute atomic E-state index is 6.28. The van der Waals surface area contributed by atoms with E-state index in [0.29, 0.717) is 5.92 Å². The van der Waals surface area contributed by atoms with Gasteiger partial charge >= 0.3 is 0 Å². The molecule has 132 valence electrons. The molecule has 1 aliphatic carbocycles. The summed E-state index contributed by atoms with van der Waals surface area (Å²) in [6, 6.07) is 17.4. The van der Waals surface area contributed by atoms with E-state index in [1.54, 1.807) is 0 Å². The summed E-state index contributed by atoms with van der Waals surface area (Å²) in [7, 11) is 0. The van der Waals surface area contributed by atoms with E-state index in [4.69, 9.17) is 4.74 Å². The van der Waals surface area contributed by atoms with E-state index >= 15 is 0 Å². The molecule has 4 rings (SSSR count). The SMILES string of the molecule is CCN1CC2CCc3cccc(OCCCc4ccccc4)c3C2C1. The number of rotatable bonds is 6. The van der Waals surface area contributed by atoms with Crippen LogP contribution < -0.4 is 4.74 Å². The number of hydrogen-bond acceptors (Lipinski definition) is 2. The monoisotopic (exact) mass is 335 g/mol. The van der Waals surface area contributed by atoms with Gasteiger partial charge < -0.3 is 9.64 Å². The van der Waals surface area contributed by atoms with Gasteiger partial charge in [-0.25, -0.2) is 0 Å². The molecule has 2 unspecified atom stereocenters. The van der Waals surface area contributed by atoms with Crippen LogP contribution in [0.2, 0.25) is 0 Å². The molecule has 2 aromatic rings. The summed E-state index contributed by atoms with van der Waals surface area (Å²) < 4.78 is 6.28. The van der Waals surface area contributed by atoms with Crippen molar-refractivity contribution in [3.8, 4) is 5.75 Å². The van der Waals surface area contributed by atoms with Crippen LogP contribution in [0.4, 0.5) is 0 Å². The highest BCUT2D eigenvalue weighted by Gasteiger charge is 2.38. The third-order valence-electron chi connectivity index (χ3n) is 5.99. The van der Waals surface area contributed by atoms with Gasteiger partial charge in [-0.05, 0) is 55.3 Å². The number of fused-ring (bicyclic) bond motifs is 3. The van der Waals surface area contributed by atoms with Gasteiger partial charge in [-0.15, -0.1) is 0 Å². The summed E-state index contributed by atoms with van der Waals surface area (Å²) in [5, 5.41) is 0. The van der Waals surface area contributed by atoms with Crippen molar-refractivity contribution < 1.29 is 4.74 Å². The molecule has 1 saturated heterocycles. The Bertz CT molecular complexity index is 696. The van der Waals surface area contributed by atoms with Crippen molar-refractivity contribution in [1.82, 2.24) is 4.90 Å². The second kappa shape index (κ2) is 7.61. The van der Waals surface area contributed by atoms with Crippen LogP contribution >= 0.6 is 0 Å². The second-order valence-electron chi connectivity index (χ2n) is 7.52. The summed E-state index contributed by atoms with van der Waals surface area (Å²) in [5.41, 5.74) is 4.45. The average molecular weight is 335 g/mol. The first-order valence-electron chi connectivity index (χ1n) is 9.86. The van der Waals surface area contributed by atoms with Gasteiger partial charge in [0.1, 0.15) is 5.75 Å². The Balaban J connectivity index is 1.43. The first-order valence-corrected chi connectivity index (χ1v) is 9.86. The van der Waals surface area contributed by atoms with Crippen molar-refractivity contribution in [1.29, 1.82) is 0 Å². The van der Waals surface area contributed by atoms with Gasteiger partial charge in [0.15, 0.2) is 0 Å². The highest BCUT2D eigenvalue weighted by Crippen LogP contribution is 2.45. The molecule has 1 aliphatic heterocycles. The molecule has 1 heterocycles. The van der Waals surface area contributed by atoms with E-state index in [0.717, 1.165) is 31.1 Å². The van der Waals surface area contributed by atoms with Gasteiger partial charge in [0.05, 0.1) is 6.61 Å². The third kappa shape index (κ3) is 3.59. The first kappa shape index (κ1) is 16.7. The van der Waals surface area contributed by atoms with Gasteiger partial charge in [0, 0.05) is 24.6 Å². The molecule has 0 spiro atoms. The van der Waals surface area contributed by atoms with Crippen LogP contribution in [0.15, 0.2) is 48.5 Å². The predicted molar refractivity (Wildman–Crippen MR) is 103 cm³/mol. The summed E-state index contributed by atoms with van der Waals surface area (Å²) in [6.45, 7) is 6.73. The lowest BCUT2D eigenvalue weighted by Gasteiger charge is -2.29. The zero-order valence-electron chi connectivity index (χ0n) is 15.3. The average Bonchev–Trinajstić information content (AvgIpc) is 3.09. The van der Waals surface area contributed by atoms with E-state index in [-0.39, 0.29) is 0 Å². The fraction of sp³-hybridized carbons (Fsp3) is 0.478. The summed E-state index contributed by atoms with van der Waals surface area (Å²) in [6.07, 6.45) is 4.72. The molecule has 0 saturated carbocycles.